The lowest BCUT2D eigenvalue weighted by atomic mass is 10.1. The molecule has 0 atom stereocenters. The number of benzene rings is 2. The first-order valence-electron chi connectivity index (χ1n) is 8.71. The van der Waals surface area contributed by atoms with E-state index >= 15 is 0 Å². The van der Waals surface area contributed by atoms with Gasteiger partial charge in [0, 0.05) is 30.3 Å². The molecular weight excluding hydrogens is 398 g/mol. The van der Waals surface area contributed by atoms with E-state index in [-0.39, 0.29) is 0 Å². The average molecular weight is 418 g/mol. The van der Waals surface area contributed by atoms with Gasteiger partial charge in [-0.05, 0) is 30.3 Å². The molecule has 2 aromatic heterocycles. The summed E-state index contributed by atoms with van der Waals surface area (Å²) in [4.78, 5) is 5.79. The van der Waals surface area contributed by atoms with E-state index in [9.17, 15) is 0 Å². The van der Waals surface area contributed by atoms with Gasteiger partial charge in [-0.15, -0.1) is 0 Å². The number of imidazole rings is 1. The molecule has 0 amide bonds. The fourth-order valence-electron chi connectivity index (χ4n) is 3.12. The maximum Gasteiger partial charge on any atom is 0.197 e. The Morgan fingerprint density at radius 3 is 2.50 bits per heavy atom. The zero-order valence-electron chi connectivity index (χ0n) is 15.8. The molecule has 1 N–H and O–H groups in total. The molecule has 2 aromatic carbocycles. The number of aromatic nitrogens is 2. The van der Waals surface area contributed by atoms with Gasteiger partial charge in [-0.1, -0.05) is 22.9 Å². The van der Waals surface area contributed by atoms with Crippen LogP contribution in [0.5, 0.6) is 11.5 Å². The van der Waals surface area contributed by atoms with Crippen molar-refractivity contribution in [2.75, 3.05) is 39.8 Å². The minimum atomic E-state index is 0.585. The Morgan fingerprint density at radius 1 is 1.07 bits per heavy atom. The summed E-state index contributed by atoms with van der Waals surface area (Å²) >= 11 is 7.76. The number of fused-ring (bicyclic) bond motifs is 3. The SMILES string of the molecule is COCCNc1c(-c2cc(OC)cc(OC)c2)nc2sc3cc(Cl)ccc3n12. The highest BCUT2D eigenvalue weighted by Gasteiger charge is 2.19. The number of methoxy groups -OCH3 is 3. The van der Waals surface area contributed by atoms with Crippen LogP contribution >= 0.6 is 22.9 Å². The molecule has 0 aliphatic rings. The highest BCUT2D eigenvalue weighted by atomic mass is 35.5. The molecule has 28 heavy (non-hydrogen) atoms. The molecule has 0 fully saturated rings. The summed E-state index contributed by atoms with van der Waals surface area (Å²) in [7, 11) is 4.96. The predicted octanol–water partition coefficient (Wildman–Crippen LogP) is 4.94. The fraction of sp³-hybridized carbons (Fsp3) is 0.250. The van der Waals surface area contributed by atoms with E-state index in [1.165, 1.54) is 0 Å². The monoisotopic (exact) mass is 417 g/mol. The van der Waals surface area contributed by atoms with Crippen molar-refractivity contribution in [3.63, 3.8) is 0 Å². The van der Waals surface area contributed by atoms with Crippen LogP contribution in [0.25, 0.3) is 26.4 Å². The largest absolute Gasteiger partial charge is 0.497 e. The molecule has 0 aliphatic heterocycles. The molecule has 0 saturated carbocycles. The molecule has 0 spiro atoms. The second kappa shape index (κ2) is 7.87. The van der Waals surface area contributed by atoms with Gasteiger partial charge in [0.05, 0.1) is 31.0 Å². The van der Waals surface area contributed by atoms with Crippen molar-refractivity contribution in [1.82, 2.24) is 9.38 Å². The lowest BCUT2D eigenvalue weighted by molar-refractivity contribution is 0.210. The van der Waals surface area contributed by atoms with Crippen molar-refractivity contribution in [2.24, 2.45) is 0 Å². The molecule has 4 rings (SSSR count). The van der Waals surface area contributed by atoms with Gasteiger partial charge in [-0.2, -0.15) is 0 Å². The fourth-order valence-corrected chi connectivity index (χ4v) is 4.43. The molecule has 0 aliphatic carbocycles. The summed E-state index contributed by atoms with van der Waals surface area (Å²) in [5, 5.41) is 4.18. The molecule has 6 nitrogen and oxygen atoms in total. The lowest BCUT2D eigenvalue weighted by Gasteiger charge is -2.11. The second-order valence-corrected chi connectivity index (χ2v) is 7.61. The standard InChI is InChI=1S/C20H20ClN3O3S/c1-25-7-6-22-19-18(12-8-14(26-2)11-15(9-12)27-3)23-20-24(19)16-5-4-13(21)10-17(16)28-20/h4-5,8-11,22H,6-7H2,1-3H3. The van der Waals surface area contributed by atoms with Crippen molar-refractivity contribution in [1.29, 1.82) is 0 Å². The Hall–Kier alpha value is -2.48. The van der Waals surface area contributed by atoms with Gasteiger partial charge in [0.15, 0.2) is 4.96 Å². The van der Waals surface area contributed by atoms with Gasteiger partial charge >= 0.3 is 0 Å². The molecular formula is C20H20ClN3O3S. The van der Waals surface area contributed by atoms with Gasteiger partial charge in [-0.3, -0.25) is 4.40 Å². The first-order chi connectivity index (χ1) is 13.6. The zero-order valence-corrected chi connectivity index (χ0v) is 17.4. The average Bonchev–Trinajstić information content (AvgIpc) is 3.23. The minimum Gasteiger partial charge on any atom is -0.497 e. The van der Waals surface area contributed by atoms with Gasteiger partial charge in [0.25, 0.3) is 0 Å². The van der Waals surface area contributed by atoms with E-state index < -0.39 is 0 Å². The Morgan fingerprint density at radius 2 is 1.82 bits per heavy atom. The number of rotatable bonds is 7. The number of nitrogens with one attached hydrogen (secondary N) is 1. The molecule has 8 heteroatoms. The van der Waals surface area contributed by atoms with E-state index in [2.05, 4.69) is 9.72 Å². The first kappa shape index (κ1) is 18.9. The van der Waals surface area contributed by atoms with Crippen LogP contribution in [0.1, 0.15) is 0 Å². The summed E-state index contributed by atoms with van der Waals surface area (Å²) in [5.74, 6) is 2.33. The topological polar surface area (TPSA) is 57.0 Å². The van der Waals surface area contributed by atoms with E-state index in [1.807, 2.05) is 36.4 Å². The number of anilines is 1. The first-order valence-corrected chi connectivity index (χ1v) is 9.91. The summed E-state index contributed by atoms with van der Waals surface area (Å²) in [6.07, 6.45) is 0. The normalized spacial score (nSPS) is 11.3. The van der Waals surface area contributed by atoms with Crippen LogP contribution < -0.4 is 14.8 Å². The second-order valence-electron chi connectivity index (χ2n) is 6.16. The van der Waals surface area contributed by atoms with Crippen molar-refractivity contribution < 1.29 is 14.2 Å². The van der Waals surface area contributed by atoms with Crippen LogP contribution in [0.2, 0.25) is 5.02 Å². The summed E-state index contributed by atoms with van der Waals surface area (Å²) in [6.45, 7) is 1.24. The Labute approximate surface area is 171 Å². The Kier molecular flexibility index (Phi) is 5.30. The van der Waals surface area contributed by atoms with Gasteiger partial charge < -0.3 is 19.5 Å². The number of halogens is 1. The van der Waals surface area contributed by atoms with Crippen molar-refractivity contribution in [3.8, 4) is 22.8 Å². The zero-order chi connectivity index (χ0) is 19.7. The van der Waals surface area contributed by atoms with Gasteiger partial charge in [-0.25, -0.2) is 4.98 Å². The van der Waals surface area contributed by atoms with E-state index in [4.69, 9.17) is 30.8 Å². The third kappa shape index (κ3) is 3.37. The maximum atomic E-state index is 6.17. The van der Waals surface area contributed by atoms with Crippen LogP contribution in [-0.2, 0) is 4.74 Å². The van der Waals surface area contributed by atoms with Gasteiger partial charge in [0.1, 0.15) is 23.0 Å². The molecule has 4 aromatic rings. The van der Waals surface area contributed by atoms with Gasteiger partial charge in [0.2, 0.25) is 0 Å². The van der Waals surface area contributed by atoms with E-state index in [1.54, 1.807) is 32.7 Å². The Bertz CT molecular complexity index is 1120. The highest BCUT2D eigenvalue weighted by Crippen LogP contribution is 2.39. The number of ether oxygens (including phenoxy) is 3. The van der Waals surface area contributed by atoms with Crippen LogP contribution in [0, 0.1) is 0 Å². The molecule has 0 saturated heterocycles. The van der Waals surface area contributed by atoms with Crippen molar-refractivity contribution in [2.45, 2.75) is 0 Å². The number of hydrogen-bond acceptors (Lipinski definition) is 6. The molecule has 146 valence electrons. The number of thiazole rings is 1. The molecule has 2 heterocycles. The summed E-state index contributed by atoms with van der Waals surface area (Å²) < 4.78 is 19.3. The number of nitrogens with zero attached hydrogens (tertiary/aromatic N) is 2. The van der Waals surface area contributed by atoms with Crippen LogP contribution in [0.15, 0.2) is 36.4 Å². The molecule has 0 bridgehead atoms. The third-order valence-electron chi connectivity index (χ3n) is 4.43. The molecule has 0 unspecified atom stereocenters. The predicted molar refractivity (Wildman–Crippen MR) is 114 cm³/mol. The lowest BCUT2D eigenvalue weighted by Crippen LogP contribution is -2.10. The van der Waals surface area contributed by atoms with Crippen LogP contribution in [0.4, 0.5) is 5.82 Å². The van der Waals surface area contributed by atoms with E-state index in [0.29, 0.717) is 29.7 Å². The molecule has 0 radical (unpaired) electrons. The summed E-state index contributed by atoms with van der Waals surface area (Å²) in [5.41, 5.74) is 2.79. The van der Waals surface area contributed by atoms with Crippen molar-refractivity contribution >= 4 is 43.9 Å². The number of hydrogen-bond donors (Lipinski definition) is 1. The third-order valence-corrected chi connectivity index (χ3v) is 5.67. The van der Waals surface area contributed by atoms with Crippen LogP contribution in [0.3, 0.4) is 0 Å². The minimum absolute atomic E-state index is 0.585. The Balaban J connectivity index is 1.93. The highest BCUT2D eigenvalue weighted by molar-refractivity contribution is 7.23. The van der Waals surface area contributed by atoms with Crippen LogP contribution in [-0.4, -0.2) is 43.9 Å². The smallest absolute Gasteiger partial charge is 0.197 e. The quantitative estimate of drug-likeness (QED) is 0.431. The van der Waals surface area contributed by atoms with E-state index in [0.717, 1.165) is 32.3 Å². The summed E-state index contributed by atoms with van der Waals surface area (Å²) in [6, 6.07) is 11.6. The van der Waals surface area contributed by atoms with Crippen molar-refractivity contribution in [3.05, 3.63) is 41.4 Å². The maximum absolute atomic E-state index is 6.17.